The summed E-state index contributed by atoms with van der Waals surface area (Å²) in [7, 11) is 4.22. The average molecular weight is 264 g/mol. The Hall–Kier alpha value is -1.13. The first-order valence-corrected chi connectivity index (χ1v) is 7.13. The van der Waals surface area contributed by atoms with Gasteiger partial charge in [0.25, 0.3) is 0 Å². The molecular formula is C15H28N4. The third kappa shape index (κ3) is 6.03. The van der Waals surface area contributed by atoms with Gasteiger partial charge >= 0.3 is 0 Å². The van der Waals surface area contributed by atoms with Crippen molar-refractivity contribution in [2.45, 2.75) is 32.7 Å². The SMILES string of the molecule is CCN(CCCN(C)C)c1ccc(CC(C)N)cn1. The number of nitrogens with zero attached hydrogens (tertiary/aromatic N) is 3. The predicted octanol–water partition coefficient (Wildman–Crippen LogP) is 1.75. The van der Waals surface area contributed by atoms with Crippen molar-refractivity contribution in [2.75, 3.05) is 38.6 Å². The van der Waals surface area contributed by atoms with Crippen LogP contribution in [0.25, 0.3) is 0 Å². The summed E-state index contributed by atoms with van der Waals surface area (Å²) in [4.78, 5) is 9.09. The lowest BCUT2D eigenvalue weighted by Gasteiger charge is -2.23. The predicted molar refractivity (Wildman–Crippen MR) is 82.6 cm³/mol. The topological polar surface area (TPSA) is 45.4 Å². The minimum absolute atomic E-state index is 0.190. The average Bonchev–Trinajstić information content (AvgIpc) is 2.35. The van der Waals surface area contributed by atoms with E-state index in [9.17, 15) is 0 Å². The molecule has 1 aromatic rings. The molecule has 0 amide bonds. The van der Waals surface area contributed by atoms with Crippen molar-refractivity contribution in [1.29, 1.82) is 0 Å². The Labute approximate surface area is 117 Å². The Morgan fingerprint density at radius 1 is 1.26 bits per heavy atom. The molecule has 108 valence electrons. The van der Waals surface area contributed by atoms with Crippen molar-refractivity contribution in [3.8, 4) is 0 Å². The monoisotopic (exact) mass is 264 g/mol. The third-order valence-electron chi connectivity index (χ3n) is 3.11. The highest BCUT2D eigenvalue weighted by Crippen LogP contribution is 2.12. The number of nitrogens with two attached hydrogens (primary N) is 1. The van der Waals surface area contributed by atoms with E-state index in [0.717, 1.165) is 38.3 Å². The fraction of sp³-hybridized carbons (Fsp3) is 0.667. The normalized spacial score (nSPS) is 12.7. The van der Waals surface area contributed by atoms with Gasteiger partial charge in [-0.25, -0.2) is 4.98 Å². The van der Waals surface area contributed by atoms with E-state index in [1.54, 1.807) is 0 Å². The molecule has 0 fully saturated rings. The minimum atomic E-state index is 0.190. The maximum Gasteiger partial charge on any atom is 0.128 e. The smallest absolute Gasteiger partial charge is 0.128 e. The van der Waals surface area contributed by atoms with Gasteiger partial charge in [-0.2, -0.15) is 0 Å². The third-order valence-corrected chi connectivity index (χ3v) is 3.11. The van der Waals surface area contributed by atoms with Crippen LogP contribution in [-0.4, -0.2) is 49.7 Å². The molecule has 0 aliphatic rings. The Kier molecular flexibility index (Phi) is 6.81. The Morgan fingerprint density at radius 3 is 2.47 bits per heavy atom. The summed E-state index contributed by atoms with van der Waals surface area (Å²) in [5.74, 6) is 1.06. The number of aromatic nitrogens is 1. The van der Waals surface area contributed by atoms with Crippen LogP contribution >= 0.6 is 0 Å². The first-order chi connectivity index (χ1) is 9.02. The zero-order valence-corrected chi connectivity index (χ0v) is 12.8. The quantitative estimate of drug-likeness (QED) is 0.777. The van der Waals surface area contributed by atoms with Gasteiger partial charge < -0.3 is 15.5 Å². The summed E-state index contributed by atoms with van der Waals surface area (Å²) in [6.45, 7) is 7.35. The zero-order valence-electron chi connectivity index (χ0n) is 12.8. The van der Waals surface area contributed by atoms with Crippen LogP contribution in [0.2, 0.25) is 0 Å². The van der Waals surface area contributed by atoms with Crippen molar-refractivity contribution >= 4 is 5.82 Å². The molecule has 1 aromatic heterocycles. The molecule has 0 bridgehead atoms. The maximum atomic E-state index is 5.80. The largest absolute Gasteiger partial charge is 0.357 e. The summed E-state index contributed by atoms with van der Waals surface area (Å²) >= 11 is 0. The van der Waals surface area contributed by atoms with E-state index < -0.39 is 0 Å². The molecule has 1 heterocycles. The lowest BCUT2D eigenvalue weighted by Crippen LogP contribution is -2.27. The van der Waals surface area contributed by atoms with Gasteiger partial charge in [0.15, 0.2) is 0 Å². The van der Waals surface area contributed by atoms with E-state index in [1.165, 1.54) is 5.56 Å². The molecule has 0 saturated heterocycles. The van der Waals surface area contributed by atoms with Crippen molar-refractivity contribution < 1.29 is 0 Å². The Morgan fingerprint density at radius 2 is 2.00 bits per heavy atom. The molecule has 2 N–H and O–H groups in total. The molecule has 1 atom stereocenters. The zero-order chi connectivity index (χ0) is 14.3. The fourth-order valence-electron chi connectivity index (χ4n) is 2.11. The highest BCUT2D eigenvalue weighted by molar-refractivity contribution is 5.39. The van der Waals surface area contributed by atoms with Gasteiger partial charge in [-0.15, -0.1) is 0 Å². The van der Waals surface area contributed by atoms with Gasteiger partial charge in [0.2, 0.25) is 0 Å². The molecule has 0 aromatic carbocycles. The number of hydrogen-bond donors (Lipinski definition) is 1. The highest BCUT2D eigenvalue weighted by atomic mass is 15.2. The van der Waals surface area contributed by atoms with Crippen LogP contribution in [-0.2, 0) is 6.42 Å². The van der Waals surface area contributed by atoms with E-state index >= 15 is 0 Å². The minimum Gasteiger partial charge on any atom is -0.357 e. The van der Waals surface area contributed by atoms with Crippen LogP contribution in [0, 0.1) is 0 Å². The second-order valence-electron chi connectivity index (χ2n) is 5.44. The molecule has 4 nitrogen and oxygen atoms in total. The van der Waals surface area contributed by atoms with Gasteiger partial charge in [0.05, 0.1) is 0 Å². The van der Waals surface area contributed by atoms with Gasteiger partial charge in [-0.3, -0.25) is 0 Å². The Balaban J connectivity index is 2.55. The van der Waals surface area contributed by atoms with E-state index in [1.807, 2.05) is 13.1 Å². The second-order valence-corrected chi connectivity index (χ2v) is 5.44. The van der Waals surface area contributed by atoms with Crippen LogP contribution in [0.4, 0.5) is 5.82 Å². The Bertz CT molecular complexity index is 346. The van der Waals surface area contributed by atoms with E-state index in [-0.39, 0.29) is 6.04 Å². The molecule has 0 spiro atoms. The van der Waals surface area contributed by atoms with Gasteiger partial charge in [-0.05, 0) is 59.0 Å². The first kappa shape index (κ1) is 15.9. The van der Waals surface area contributed by atoms with Crippen LogP contribution < -0.4 is 10.6 Å². The summed E-state index contributed by atoms with van der Waals surface area (Å²) in [5.41, 5.74) is 7.01. The number of pyridine rings is 1. The number of hydrogen-bond acceptors (Lipinski definition) is 4. The van der Waals surface area contributed by atoms with Crippen LogP contribution in [0.3, 0.4) is 0 Å². The lowest BCUT2D eigenvalue weighted by molar-refractivity contribution is 0.400. The molecule has 0 aliphatic carbocycles. The maximum absolute atomic E-state index is 5.80. The van der Waals surface area contributed by atoms with E-state index in [0.29, 0.717) is 0 Å². The molecule has 1 unspecified atom stereocenters. The summed E-state index contributed by atoms with van der Waals surface area (Å²) < 4.78 is 0. The van der Waals surface area contributed by atoms with E-state index in [4.69, 9.17) is 5.73 Å². The highest BCUT2D eigenvalue weighted by Gasteiger charge is 2.06. The number of rotatable bonds is 8. The van der Waals surface area contributed by atoms with Crippen molar-refractivity contribution in [3.05, 3.63) is 23.9 Å². The number of anilines is 1. The molecule has 4 heteroatoms. The first-order valence-electron chi connectivity index (χ1n) is 7.13. The molecule has 0 aliphatic heterocycles. The van der Waals surface area contributed by atoms with Crippen molar-refractivity contribution in [3.63, 3.8) is 0 Å². The summed E-state index contributed by atoms with van der Waals surface area (Å²) in [6.07, 6.45) is 4.00. The molecular weight excluding hydrogens is 236 g/mol. The second kappa shape index (κ2) is 8.12. The molecule has 1 rings (SSSR count). The molecule has 19 heavy (non-hydrogen) atoms. The van der Waals surface area contributed by atoms with Crippen LogP contribution in [0.5, 0.6) is 0 Å². The van der Waals surface area contributed by atoms with Crippen LogP contribution in [0.1, 0.15) is 25.8 Å². The summed E-state index contributed by atoms with van der Waals surface area (Å²) in [5, 5.41) is 0. The van der Waals surface area contributed by atoms with Crippen LogP contribution in [0.15, 0.2) is 18.3 Å². The van der Waals surface area contributed by atoms with Gasteiger partial charge in [0.1, 0.15) is 5.82 Å². The van der Waals surface area contributed by atoms with Crippen molar-refractivity contribution in [1.82, 2.24) is 9.88 Å². The molecule has 0 saturated carbocycles. The fourth-order valence-corrected chi connectivity index (χ4v) is 2.11. The van der Waals surface area contributed by atoms with Gasteiger partial charge in [-0.1, -0.05) is 6.07 Å². The lowest BCUT2D eigenvalue weighted by atomic mass is 10.1. The van der Waals surface area contributed by atoms with E-state index in [2.05, 4.69) is 47.9 Å². The van der Waals surface area contributed by atoms with Gasteiger partial charge in [0, 0.05) is 25.3 Å². The molecule has 0 radical (unpaired) electrons. The summed E-state index contributed by atoms with van der Waals surface area (Å²) in [6, 6.07) is 4.44. The van der Waals surface area contributed by atoms with Crippen molar-refractivity contribution in [2.24, 2.45) is 5.73 Å². The standard InChI is InChI=1S/C15H28N4/c1-5-19(10-6-9-18(3)4)15-8-7-14(12-17-15)11-13(2)16/h7-8,12-13H,5-6,9-11,16H2,1-4H3.